The van der Waals surface area contributed by atoms with E-state index in [1.165, 1.54) is 6.07 Å². The highest BCUT2D eigenvalue weighted by molar-refractivity contribution is 6.30. The Morgan fingerprint density at radius 3 is 2.63 bits per heavy atom. The van der Waals surface area contributed by atoms with E-state index < -0.39 is 17.7 Å². The number of nitrogens with one attached hydrogen (secondary N) is 1. The number of nitrogens with zero attached hydrogens (tertiary/aromatic N) is 2. The number of carbonyl (C=O) groups excluding carboxylic acids is 1. The van der Waals surface area contributed by atoms with Crippen molar-refractivity contribution < 1.29 is 13.6 Å². The first-order valence-corrected chi connectivity index (χ1v) is 10.1. The summed E-state index contributed by atoms with van der Waals surface area (Å²) in [6.45, 7) is 5.46. The number of anilines is 1. The molecule has 4 nitrogen and oxygen atoms in total. The van der Waals surface area contributed by atoms with Gasteiger partial charge in [-0.15, -0.1) is 0 Å². The van der Waals surface area contributed by atoms with E-state index in [9.17, 15) is 13.6 Å². The second-order valence-corrected chi connectivity index (χ2v) is 8.02. The van der Waals surface area contributed by atoms with E-state index in [0.717, 1.165) is 23.4 Å². The Kier molecular flexibility index (Phi) is 7.11. The lowest BCUT2D eigenvalue weighted by Crippen LogP contribution is -2.37. The molecule has 0 saturated carbocycles. The Hall–Kier alpha value is -2.86. The smallest absolute Gasteiger partial charge is 0.322 e. The van der Waals surface area contributed by atoms with E-state index >= 15 is 0 Å². The number of amides is 2. The van der Waals surface area contributed by atoms with Gasteiger partial charge in [-0.1, -0.05) is 37.6 Å². The molecule has 1 N–H and O–H groups in total. The first kappa shape index (κ1) is 21.8. The van der Waals surface area contributed by atoms with Crippen molar-refractivity contribution in [3.63, 3.8) is 0 Å². The molecule has 7 heteroatoms. The summed E-state index contributed by atoms with van der Waals surface area (Å²) in [6, 6.07) is 14.1. The number of urea groups is 1. The molecule has 2 aromatic carbocycles. The molecule has 158 valence electrons. The van der Waals surface area contributed by atoms with Gasteiger partial charge in [0, 0.05) is 36.1 Å². The normalized spacial score (nSPS) is 11.0. The highest BCUT2D eigenvalue weighted by Crippen LogP contribution is 2.18. The van der Waals surface area contributed by atoms with E-state index in [-0.39, 0.29) is 11.6 Å². The summed E-state index contributed by atoms with van der Waals surface area (Å²) in [7, 11) is 0. The molecule has 0 bridgehead atoms. The van der Waals surface area contributed by atoms with Crippen molar-refractivity contribution in [1.82, 2.24) is 9.47 Å². The second kappa shape index (κ2) is 9.76. The number of aromatic nitrogens is 1. The lowest BCUT2D eigenvalue weighted by molar-refractivity contribution is 0.200. The van der Waals surface area contributed by atoms with E-state index in [1.807, 2.05) is 61.0 Å². The molecule has 0 spiro atoms. The van der Waals surface area contributed by atoms with Gasteiger partial charge < -0.3 is 14.8 Å². The Morgan fingerprint density at radius 1 is 1.13 bits per heavy atom. The quantitative estimate of drug-likeness (QED) is 0.478. The molecular weight excluding hydrogens is 408 g/mol. The van der Waals surface area contributed by atoms with Crippen LogP contribution in [0.25, 0.3) is 0 Å². The van der Waals surface area contributed by atoms with Crippen molar-refractivity contribution >= 4 is 23.3 Å². The highest BCUT2D eigenvalue weighted by Gasteiger charge is 2.19. The van der Waals surface area contributed by atoms with Gasteiger partial charge in [-0.25, -0.2) is 13.6 Å². The van der Waals surface area contributed by atoms with E-state index in [4.69, 9.17) is 11.6 Å². The van der Waals surface area contributed by atoms with Crippen molar-refractivity contribution in [2.75, 3.05) is 11.9 Å². The van der Waals surface area contributed by atoms with Crippen LogP contribution in [0.3, 0.4) is 0 Å². The molecular formula is C23H24ClF2N3O. The van der Waals surface area contributed by atoms with Crippen LogP contribution in [0.15, 0.2) is 60.8 Å². The number of carbonyl (C=O) groups is 1. The van der Waals surface area contributed by atoms with Crippen LogP contribution in [0.2, 0.25) is 5.02 Å². The Morgan fingerprint density at radius 2 is 1.93 bits per heavy atom. The molecule has 0 radical (unpaired) electrons. The third-order valence-corrected chi connectivity index (χ3v) is 4.80. The van der Waals surface area contributed by atoms with Gasteiger partial charge in [0.2, 0.25) is 0 Å². The summed E-state index contributed by atoms with van der Waals surface area (Å²) in [5, 5.41) is 3.22. The van der Waals surface area contributed by atoms with Gasteiger partial charge >= 0.3 is 6.03 Å². The molecule has 2 amide bonds. The lowest BCUT2D eigenvalue weighted by Gasteiger charge is -2.26. The maximum absolute atomic E-state index is 14.0. The summed E-state index contributed by atoms with van der Waals surface area (Å²) in [4.78, 5) is 14.5. The Balaban J connectivity index is 1.76. The third-order valence-electron chi connectivity index (χ3n) is 4.56. The van der Waals surface area contributed by atoms with Crippen LogP contribution in [0.1, 0.15) is 25.1 Å². The number of hydrogen-bond donors (Lipinski definition) is 1. The fraction of sp³-hybridized carbons (Fsp3) is 0.261. The lowest BCUT2D eigenvalue weighted by atomic mass is 10.2. The van der Waals surface area contributed by atoms with E-state index in [0.29, 0.717) is 24.7 Å². The molecule has 3 rings (SSSR count). The number of halogens is 3. The molecule has 0 unspecified atom stereocenters. The SMILES string of the molecule is CC(C)CN(Cc1cccn1Cc1cccc(Cl)c1)C(=O)Nc1ccc(F)cc1F. The third kappa shape index (κ3) is 5.83. The van der Waals surface area contributed by atoms with Crippen LogP contribution in [0.5, 0.6) is 0 Å². The molecule has 3 aromatic rings. The van der Waals surface area contributed by atoms with Crippen molar-refractivity contribution in [2.24, 2.45) is 5.92 Å². The van der Waals surface area contributed by atoms with Crippen LogP contribution in [-0.4, -0.2) is 22.0 Å². The zero-order valence-electron chi connectivity index (χ0n) is 16.9. The topological polar surface area (TPSA) is 37.3 Å². The summed E-state index contributed by atoms with van der Waals surface area (Å²) < 4.78 is 29.2. The zero-order chi connectivity index (χ0) is 21.7. The van der Waals surface area contributed by atoms with Crippen molar-refractivity contribution in [1.29, 1.82) is 0 Å². The molecule has 0 aliphatic heterocycles. The number of hydrogen-bond acceptors (Lipinski definition) is 1. The fourth-order valence-electron chi connectivity index (χ4n) is 3.22. The molecule has 0 aliphatic carbocycles. The second-order valence-electron chi connectivity index (χ2n) is 7.59. The maximum atomic E-state index is 14.0. The minimum atomic E-state index is -0.808. The van der Waals surface area contributed by atoms with Crippen molar-refractivity contribution in [3.8, 4) is 0 Å². The van der Waals surface area contributed by atoms with Crippen LogP contribution in [0.4, 0.5) is 19.3 Å². The largest absolute Gasteiger partial charge is 0.345 e. The van der Waals surface area contributed by atoms with E-state index in [2.05, 4.69) is 5.32 Å². The van der Waals surface area contributed by atoms with Crippen molar-refractivity contribution in [3.05, 3.63) is 88.7 Å². The minimum Gasteiger partial charge on any atom is -0.345 e. The van der Waals surface area contributed by atoms with Crippen LogP contribution >= 0.6 is 11.6 Å². The van der Waals surface area contributed by atoms with Gasteiger partial charge in [-0.3, -0.25) is 0 Å². The van der Waals surface area contributed by atoms with Gasteiger partial charge in [0.15, 0.2) is 0 Å². The molecule has 0 fully saturated rings. The fourth-order valence-corrected chi connectivity index (χ4v) is 3.43. The van der Waals surface area contributed by atoms with Crippen LogP contribution in [0, 0.1) is 17.6 Å². The molecule has 0 aliphatic rings. The predicted octanol–water partition coefficient (Wildman–Crippen LogP) is 6.16. The number of benzene rings is 2. The van der Waals surface area contributed by atoms with Gasteiger partial charge in [0.25, 0.3) is 0 Å². The summed E-state index contributed by atoms with van der Waals surface area (Å²) in [6.07, 6.45) is 1.95. The summed E-state index contributed by atoms with van der Waals surface area (Å²) in [5.41, 5.74) is 1.93. The molecule has 1 heterocycles. The maximum Gasteiger partial charge on any atom is 0.322 e. The average molecular weight is 432 g/mol. The van der Waals surface area contributed by atoms with Crippen molar-refractivity contribution in [2.45, 2.75) is 26.9 Å². The van der Waals surface area contributed by atoms with Gasteiger partial charge in [-0.2, -0.15) is 0 Å². The minimum absolute atomic E-state index is 0.0514. The van der Waals surface area contributed by atoms with Gasteiger partial charge in [-0.05, 0) is 47.9 Å². The van der Waals surface area contributed by atoms with E-state index in [1.54, 1.807) is 4.90 Å². The first-order chi connectivity index (χ1) is 14.3. The monoisotopic (exact) mass is 431 g/mol. The predicted molar refractivity (Wildman–Crippen MR) is 116 cm³/mol. The average Bonchev–Trinajstić information content (AvgIpc) is 3.09. The Bertz CT molecular complexity index is 1020. The summed E-state index contributed by atoms with van der Waals surface area (Å²) in [5.74, 6) is -1.29. The highest BCUT2D eigenvalue weighted by atomic mass is 35.5. The standard InChI is InChI=1S/C23H24ClF2N3O/c1-16(2)13-29(23(30)27-22-9-8-19(25)12-21(22)26)15-20-7-4-10-28(20)14-17-5-3-6-18(24)11-17/h3-12,16H,13-15H2,1-2H3,(H,27,30). The summed E-state index contributed by atoms with van der Waals surface area (Å²) >= 11 is 6.08. The molecule has 1 aromatic heterocycles. The Labute approximate surface area is 180 Å². The molecule has 30 heavy (non-hydrogen) atoms. The first-order valence-electron chi connectivity index (χ1n) is 9.71. The zero-order valence-corrected chi connectivity index (χ0v) is 17.7. The van der Waals surface area contributed by atoms with Gasteiger partial charge in [0.05, 0.1) is 12.2 Å². The molecule has 0 saturated heterocycles. The van der Waals surface area contributed by atoms with Crippen LogP contribution in [-0.2, 0) is 13.1 Å². The van der Waals surface area contributed by atoms with Crippen LogP contribution < -0.4 is 5.32 Å². The number of rotatable bonds is 7. The molecule has 0 atom stereocenters. The van der Waals surface area contributed by atoms with Gasteiger partial charge in [0.1, 0.15) is 11.6 Å².